The second kappa shape index (κ2) is 12.9. The lowest BCUT2D eigenvalue weighted by Crippen LogP contribution is -2.23. The smallest absolute Gasteiger partial charge is 0.381 e. The van der Waals surface area contributed by atoms with Crippen molar-refractivity contribution in [2.75, 3.05) is 57.5 Å². The lowest BCUT2D eigenvalue weighted by Gasteiger charge is -2.21. The van der Waals surface area contributed by atoms with Gasteiger partial charge in [-0.3, -0.25) is 9.59 Å². The van der Waals surface area contributed by atoms with E-state index in [-0.39, 0.29) is 18.1 Å². The van der Waals surface area contributed by atoms with Crippen LogP contribution in [-0.2, 0) is 21.8 Å². The fraction of sp³-hybridized carbons (Fsp3) is 0.500. The molecule has 6 rings (SSSR count). The summed E-state index contributed by atoms with van der Waals surface area (Å²) < 4.78 is 98.1. The van der Waals surface area contributed by atoms with E-state index in [0.717, 1.165) is 43.2 Å². The Labute approximate surface area is 231 Å². The average molecular weight is 591 g/mol. The number of alkyl halides is 6. The zero-order valence-electron chi connectivity index (χ0n) is 21.8. The molecule has 0 saturated carbocycles. The number of fused-ring (bicyclic) bond motifs is 2. The van der Waals surface area contributed by atoms with Gasteiger partial charge >= 0.3 is 12.4 Å². The van der Waals surface area contributed by atoms with Crippen LogP contribution in [0.4, 0.5) is 36.4 Å². The first kappa shape index (κ1) is 30.9. The fourth-order valence-electron chi connectivity index (χ4n) is 5.41. The molecule has 0 aromatic heterocycles. The summed E-state index contributed by atoms with van der Waals surface area (Å²) in [4.78, 5) is 22.8. The third-order valence-corrected chi connectivity index (χ3v) is 7.67. The van der Waals surface area contributed by atoms with Crippen molar-refractivity contribution in [3.63, 3.8) is 0 Å². The molecule has 4 fully saturated rings. The van der Waals surface area contributed by atoms with Crippen molar-refractivity contribution < 1.29 is 49.8 Å². The maximum atomic E-state index is 12.9. The molecule has 0 bridgehead atoms. The van der Waals surface area contributed by atoms with Gasteiger partial charge in [0.25, 0.3) is 0 Å². The van der Waals surface area contributed by atoms with Crippen LogP contribution in [0.3, 0.4) is 0 Å². The predicted octanol–water partition coefficient (Wildman–Crippen LogP) is 5.11. The topological polar surface area (TPSA) is 67.9 Å². The molecular formula is C28H29F7N2O4. The van der Waals surface area contributed by atoms with Crippen molar-refractivity contribution in [2.24, 2.45) is 23.7 Å². The molecule has 4 saturated heterocycles. The fourth-order valence-corrected chi connectivity index (χ4v) is 5.41. The average Bonchev–Trinajstić information content (AvgIpc) is 3.70. The molecule has 4 unspecified atom stereocenters. The van der Waals surface area contributed by atoms with Gasteiger partial charge in [-0.25, -0.2) is 4.39 Å². The number of halogens is 7. The minimum atomic E-state index is -4.70. The van der Waals surface area contributed by atoms with Gasteiger partial charge in [0.1, 0.15) is 5.82 Å². The maximum Gasteiger partial charge on any atom is 0.417 e. The molecule has 224 valence electrons. The monoisotopic (exact) mass is 590 g/mol. The van der Waals surface area contributed by atoms with Gasteiger partial charge in [-0.05, 0) is 36.4 Å². The van der Waals surface area contributed by atoms with Crippen LogP contribution in [0.2, 0.25) is 0 Å². The van der Waals surface area contributed by atoms with E-state index in [9.17, 15) is 40.3 Å². The van der Waals surface area contributed by atoms with Crippen LogP contribution >= 0.6 is 0 Å². The van der Waals surface area contributed by atoms with Gasteiger partial charge in [0.05, 0.1) is 37.6 Å². The van der Waals surface area contributed by atoms with E-state index in [1.807, 2.05) is 4.90 Å². The van der Waals surface area contributed by atoms with Gasteiger partial charge < -0.3 is 19.7 Å². The second-order valence-electron chi connectivity index (χ2n) is 10.4. The summed E-state index contributed by atoms with van der Waals surface area (Å²) in [7, 11) is 0. The van der Waals surface area contributed by atoms with Crippen molar-refractivity contribution in [3.05, 3.63) is 64.5 Å². The normalized spacial score (nSPS) is 25.0. The summed E-state index contributed by atoms with van der Waals surface area (Å²) in [5.41, 5.74) is -2.46. The van der Waals surface area contributed by atoms with Gasteiger partial charge in [-0.1, -0.05) is 0 Å². The van der Waals surface area contributed by atoms with E-state index in [1.54, 1.807) is 6.07 Å². The Bertz CT molecular complexity index is 1190. The van der Waals surface area contributed by atoms with Gasteiger partial charge in [-0.2, -0.15) is 26.3 Å². The van der Waals surface area contributed by atoms with Crippen LogP contribution in [0.15, 0.2) is 36.4 Å². The minimum absolute atomic E-state index is 0.0439. The Hall–Kier alpha value is -3.03. The summed E-state index contributed by atoms with van der Waals surface area (Å²) in [6, 6.07) is 5.80. The SMILES string of the molecule is C1NCC2COCC12.O=Cc1ccc(F)cc1C(F)(F)F.O=Cc1ccc(N2CC3COCC3C2)cc1C(F)(F)F. The summed E-state index contributed by atoms with van der Waals surface area (Å²) in [5, 5.41) is 3.34. The molecule has 0 radical (unpaired) electrons. The standard InChI is InChI=1S/C14H14F3NO2.C8H4F4O.C6H11NO/c15-14(16,17)13-3-12(2-1-9(13)6-19)18-4-10-7-20-8-11(10)5-18;9-6-2-1-5(4-13)7(3-6)8(10,11)12;1-5-3-8-4-6(5)2-7-1/h1-3,6,10-11H,4-5,7-8H2;1-4H;5-7H,1-4H2. The zero-order valence-corrected chi connectivity index (χ0v) is 21.8. The van der Waals surface area contributed by atoms with Crippen molar-refractivity contribution in [2.45, 2.75) is 12.4 Å². The van der Waals surface area contributed by atoms with Crippen LogP contribution in [0.25, 0.3) is 0 Å². The van der Waals surface area contributed by atoms with Crippen LogP contribution in [0.5, 0.6) is 0 Å². The molecule has 13 heteroatoms. The number of carbonyl (C=O) groups is 2. The summed E-state index contributed by atoms with van der Waals surface area (Å²) in [6.45, 7) is 7.15. The number of ether oxygens (including phenoxy) is 2. The maximum absolute atomic E-state index is 12.9. The van der Waals surface area contributed by atoms with E-state index in [4.69, 9.17) is 9.47 Å². The predicted molar refractivity (Wildman–Crippen MR) is 134 cm³/mol. The molecule has 4 atom stereocenters. The Morgan fingerprint density at radius 2 is 1.17 bits per heavy atom. The molecule has 1 N–H and O–H groups in total. The van der Waals surface area contributed by atoms with E-state index in [1.165, 1.54) is 19.2 Å². The van der Waals surface area contributed by atoms with Crippen molar-refractivity contribution in [1.29, 1.82) is 0 Å². The molecule has 2 aromatic rings. The second-order valence-corrected chi connectivity index (χ2v) is 10.4. The molecule has 2 aromatic carbocycles. The van der Waals surface area contributed by atoms with Gasteiger partial charge in [0.2, 0.25) is 0 Å². The lowest BCUT2D eigenvalue weighted by atomic mass is 10.0. The number of rotatable bonds is 3. The van der Waals surface area contributed by atoms with Crippen molar-refractivity contribution >= 4 is 18.3 Å². The van der Waals surface area contributed by atoms with Crippen molar-refractivity contribution in [3.8, 4) is 0 Å². The highest BCUT2D eigenvalue weighted by Crippen LogP contribution is 2.37. The Morgan fingerprint density at radius 3 is 1.66 bits per heavy atom. The summed E-state index contributed by atoms with van der Waals surface area (Å²) in [5.74, 6) is 1.47. The van der Waals surface area contributed by atoms with Gasteiger partial charge in [-0.15, -0.1) is 0 Å². The number of benzene rings is 2. The molecule has 4 aliphatic rings. The number of nitrogens with zero attached hydrogens (tertiary/aromatic N) is 1. The summed E-state index contributed by atoms with van der Waals surface area (Å²) >= 11 is 0. The molecule has 0 aliphatic carbocycles. The van der Waals surface area contributed by atoms with Crippen LogP contribution in [-0.4, -0.2) is 65.2 Å². The van der Waals surface area contributed by atoms with E-state index < -0.39 is 34.9 Å². The number of aldehydes is 2. The van der Waals surface area contributed by atoms with E-state index in [0.29, 0.717) is 49.9 Å². The first-order valence-corrected chi connectivity index (χ1v) is 13.0. The van der Waals surface area contributed by atoms with Crippen LogP contribution < -0.4 is 10.2 Å². The van der Waals surface area contributed by atoms with Crippen LogP contribution in [0, 0.1) is 29.5 Å². The number of hydrogen-bond donors (Lipinski definition) is 1. The lowest BCUT2D eigenvalue weighted by molar-refractivity contribution is -0.138. The molecular weight excluding hydrogens is 561 g/mol. The molecule has 4 heterocycles. The molecule has 4 aliphatic heterocycles. The molecule has 0 spiro atoms. The third-order valence-electron chi connectivity index (χ3n) is 7.67. The number of hydrogen-bond acceptors (Lipinski definition) is 6. The molecule has 6 nitrogen and oxygen atoms in total. The van der Waals surface area contributed by atoms with Crippen LogP contribution in [0.1, 0.15) is 31.8 Å². The quantitative estimate of drug-likeness (QED) is 0.396. The van der Waals surface area contributed by atoms with E-state index >= 15 is 0 Å². The third kappa shape index (κ3) is 7.63. The van der Waals surface area contributed by atoms with E-state index in [2.05, 4.69) is 5.32 Å². The number of nitrogens with one attached hydrogen (secondary N) is 1. The zero-order chi connectivity index (χ0) is 29.8. The Balaban J connectivity index is 0.000000157. The largest absolute Gasteiger partial charge is 0.417 e. The number of anilines is 1. The first-order valence-electron chi connectivity index (χ1n) is 13.0. The minimum Gasteiger partial charge on any atom is -0.381 e. The van der Waals surface area contributed by atoms with Gasteiger partial charge in [0.15, 0.2) is 12.6 Å². The molecule has 0 amide bonds. The number of carbonyl (C=O) groups excluding carboxylic acids is 2. The summed E-state index contributed by atoms with van der Waals surface area (Å²) in [6.07, 6.45) is -8.91. The highest BCUT2D eigenvalue weighted by atomic mass is 19.4. The highest BCUT2D eigenvalue weighted by molar-refractivity contribution is 5.79. The Morgan fingerprint density at radius 1 is 0.707 bits per heavy atom. The van der Waals surface area contributed by atoms with Gasteiger partial charge in [0, 0.05) is 66.7 Å². The first-order chi connectivity index (χ1) is 19.4. The van der Waals surface area contributed by atoms with Crippen molar-refractivity contribution in [1.82, 2.24) is 5.32 Å². The Kier molecular flexibility index (Phi) is 9.70. The highest BCUT2D eigenvalue weighted by Gasteiger charge is 2.39. The molecule has 41 heavy (non-hydrogen) atoms.